The molecule has 2 aromatic carbocycles. The van der Waals surface area contributed by atoms with Crippen molar-refractivity contribution in [2.45, 2.75) is 0 Å². The molecule has 0 atom stereocenters. The third-order valence-electron chi connectivity index (χ3n) is 4.65. The largest absolute Gasteiger partial charge is 0.459 e. The summed E-state index contributed by atoms with van der Waals surface area (Å²) in [6.45, 7) is 0. The van der Waals surface area contributed by atoms with Crippen LogP contribution in [0.5, 0.6) is 0 Å². The molecular formula is C24H16N4O3. The third-order valence-corrected chi connectivity index (χ3v) is 4.65. The highest BCUT2D eigenvalue weighted by Crippen LogP contribution is 2.24. The van der Waals surface area contributed by atoms with E-state index in [0.717, 1.165) is 16.7 Å². The lowest BCUT2D eigenvalue weighted by Gasteiger charge is -2.06. The average Bonchev–Trinajstić information content (AvgIpc) is 3.52. The van der Waals surface area contributed by atoms with E-state index in [-0.39, 0.29) is 17.6 Å². The first-order chi connectivity index (χ1) is 15.3. The first kappa shape index (κ1) is 18.5. The Morgan fingerprint density at radius 1 is 0.742 bits per heavy atom. The average molecular weight is 408 g/mol. The van der Waals surface area contributed by atoms with E-state index in [0.29, 0.717) is 11.5 Å². The lowest BCUT2D eigenvalue weighted by atomic mass is 10.0. The summed E-state index contributed by atoms with van der Waals surface area (Å²) in [6, 6.07) is 26.8. The van der Waals surface area contributed by atoms with Gasteiger partial charge in [0.15, 0.2) is 5.76 Å². The predicted octanol–water partition coefficient (Wildman–Crippen LogP) is 5.31. The molecule has 0 bridgehead atoms. The van der Waals surface area contributed by atoms with Gasteiger partial charge >= 0.3 is 6.01 Å². The Balaban J connectivity index is 1.33. The number of benzene rings is 2. The van der Waals surface area contributed by atoms with Crippen molar-refractivity contribution in [3.05, 3.63) is 96.9 Å². The fraction of sp³-hybridized carbons (Fsp3) is 0. The summed E-state index contributed by atoms with van der Waals surface area (Å²) in [7, 11) is 0. The van der Waals surface area contributed by atoms with Gasteiger partial charge in [0.25, 0.3) is 11.8 Å². The number of nitrogens with one attached hydrogen (secondary N) is 1. The molecular weight excluding hydrogens is 392 g/mol. The quantitative estimate of drug-likeness (QED) is 0.423. The summed E-state index contributed by atoms with van der Waals surface area (Å²) in [4.78, 5) is 17.1. The molecule has 0 unspecified atom stereocenters. The molecule has 5 aromatic rings. The van der Waals surface area contributed by atoms with Crippen molar-refractivity contribution in [1.82, 2.24) is 15.2 Å². The van der Waals surface area contributed by atoms with Crippen LogP contribution in [0.15, 0.2) is 100 Å². The van der Waals surface area contributed by atoms with Crippen molar-refractivity contribution in [3.63, 3.8) is 0 Å². The number of pyridine rings is 1. The van der Waals surface area contributed by atoms with E-state index in [1.807, 2.05) is 48.5 Å². The number of carbonyl (C=O) groups is 1. The molecule has 31 heavy (non-hydrogen) atoms. The molecule has 1 N–H and O–H groups in total. The fourth-order valence-corrected chi connectivity index (χ4v) is 3.12. The Hall–Kier alpha value is -4.52. The molecule has 3 aromatic heterocycles. The summed E-state index contributed by atoms with van der Waals surface area (Å²) < 4.78 is 10.6. The molecule has 0 saturated carbocycles. The van der Waals surface area contributed by atoms with Crippen LogP contribution in [0.2, 0.25) is 0 Å². The molecule has 5 rings (SSSR count). The maximum Gasteiger partial charge on any atom is 0.322 e. The van der Waals surface area contributed by atoms with E-state index in [4.69, 9.17) is 8.83 Å². The van der Waals surface area contributed by atoms with E-state index in [1.165, 1.54) is 6.26 Å². The number of furan rings is 1. The number of anilines is 1. The molecule has 7 nitrogen and oxygen atoms in total. The van der Waals surface area contributed by atoms with E-state index in [1.54, 1.807) is 24.3 Å². The molecule has 0 saturated heterocycles. The Morgan fingerprint density at radius 2 is 1.52 bits per heavy atom. The summed E-state index contributed by atoms with van der Waals surface area (Å²) >= 11 is 0. The zero-order valence-corrected chi connectivity index (χ0v) is 16.2. The van der Waals surface area contributed by atoms with E-state index in [9.17, 15) is 4.79 Å². The lowest BCUT2D eigenvalue weighted by molar-refractivity contribution is 0.101. The highest BCUT2D eigenvalue weighted by atomic mass is 16.4. The molecule has 0 aliphatic rings. The van der Waals surface area contributed by atoms with Gasteiger partial charge < -0.3 is 8.83 Å². The minimum atomic E-state index is -0.447. The first-order valence-corrected chi connectivity index (χ1v) is 9.58. The van der Waals surface area contributed by atoms with Gasteiger partial charge in [-0.25, -0.2) is 4.98 Å². The zero-order valence-electron chi connectivity index (χ0n) is 16.2. The minimum Gasteiger partial charge on any atom is -0.459 e. The monoisotopic (exact) mass is 408 g/mol. The number of carbonyl (C=O) groups excluding carboxylic acids is 1. The second kappa shape index (κ2) is 8.08. The van der Waals surface area contributed by atoms with Crippen molar-refractivity contribution in [2.24, 2.45) is 0 Å². The Kier molecular flexibility index (Phi) is 4.82. The highest BCUT2D eigenvalue weighted by molar-refractivity contribution is 6.02. The van der Waals surface area contributed by atoms with Gasteiger partial charge in [-0.1, -0.05) is 65.8 Å². The van der Waals surface area contributed by atoms with Crippen molar-refractivity contribution in [2.75, 3.05) is 5.32 Å². The number of hydrogen-bond acceptors (Lipinski definition) is 6. The van der Waals surface area contributed by atoms with Gasteiger partial charge in [-0.3, -0.25) is 10.1 Å². The molecule has 3 heterocycles. The molecule has 0 aliphatic carbocycles. The van der Waals surface area contributed by atoms with Gasteiger partial charge in [-0.05, 0) is 35.4 Å². The second-order valence-corrected chi connectivity index (χ2v) is 6.70. The smallest absolute Gasteiger partial charge is 0.322 e. The summed E-state index contributed by atoms with van der Waals surface area (Å²) in [5.41, 5.74) is 4.09. The fourth-order valence-electron chi connectivity index (χ4n) is 3.12. The molecule has 7 heteroatoms. The Labute approximate surface area is 177 Å². The van der Waals surface area contributed by atoms with E-state index >= 15 is 0 Å². The van der Waals surface area contributed by atoms with Gasteiger partial charge in [0.1, 0.15) is 5.69 Å². The van der Waals surface area contributed by atoms with Crippen LogP contribution in [-0.2, 0) is 0 Å². The van der Waals surface area contributed by atoms with E-state index < -0.39 is 5.91 Å². The molecule has 0 aliphatic heterocycles. The van der Waals surface area contributed by atoms with E-state index in [2.05, 4.69) is 32.6 Å². The van der Waals surface area contributed by atoms with Gasteiger partial charge in [0.2, 0.25) is 0 Å². The van der Waals surface area contributed by atoms with Gasteiger partial charge in [0.05, 0.1) is 12.0 Å². The van der Waals surface area contributed by atoms with Crippen molar-refractivity contribution >= 4 is 11.9 Å². The van der Waals surface area contributed by atoms with Crippen molar-refractivity contribution in [1.29, 1.82) is 0 Å². The van der Waals surface area contributed by atoms with Crippen molar-refractivity contribution in [3.8, 4) is 34.0 Å². The van der Waals surface area contributed by atoms with Crippen molar-refractivity contribution < 1.29 is 13.6 Å². The minimum absolute atomic E-state index is 0.0317. The maximum absolute atomic E-state index is 12.6. The lowest BCUT2D eigenvalue weighted by Crippen LogP contribution is -2.14. The van der Waals surface area contributed by atoms with Gasteiger partial charge in [0, 0.05) is 5.56 Å². The van der Waals surface area contributed by atoms with Crippen LogP contribution in [-0.4, -0.2) is 21.1 Å². The number of hydrogen-bond donors (Lipinski definition) is 1. The molecule has 1 amide bonds. The maximum atomic E-state index is 12.6. The number of rotatable bonds is 5. The van der Waals surface area contributed by atoms with Crippen LogP contribution in [0.1, 0.15) is 10.5 Å². The van der Waals surface area contributed by atoms with Crippen LogP contribution in [0, 0.1) is 0 Å². The van der Waals surface area contributed by atoms with Crippen LogP contribution >= 0.6 is 0 Å². The number of amides is 1. The van der Waals surface area contributed by atoms with Crippen LogP contribution in [0.3, 0.4) is 0 Å². The highest BCUT2D eigenvalue weighted by Gasteiger charge is 2.15. The van der Waals surface area contributed by atoms with Crippen LogP contribution < -0.4 is 5.32 Å². The SMILES string of the molecule is O=C(Nc1nnc(-c2ccco2)o1)c1cccc(-c2ccc(-c3ccccc3)cc2)n1. The predicted molar refractivity (Wildman–Crippen MR) is 115 cm³/mol. The second-order valence-electron chi connectivity index (χ2n) is 6.70. The number of aromatic nitrogens is 3. The number of nitrogens with zero attached hydrogens (tertiary/aromatic N) is 3. The first-order valence-electron chi connectivity index (χ1n) is 9.58. The standard InChI is InChI=1S/C24H16N4O3/c29-22(26-24-28-27-23(31-24)21-10-5-15-30-21)20-9-4-8-19(25-20)18-13-11-17(12-14-18)16-6-2-1-3-7-16/h1-15H,(H,26,28,29). The summed E-state index contributed by atoms with van der Waals surface area (Å²) in [5, 5.41) is 10.2. The molecule has 0 fully saturated rings. The Morgan fingerprint density at radius 3 is 2.29 bits per heavy atom. The summed E-state index contributed by atoms with van der Waals surface area (Å²) in [6.07, 6.45) is 1.50. The van der Waals surface area contributed by atoms with Gasteiger partial charge in [-0.2, -0.15) is 0 Å². The molecule has 150 valence electrons. The zero-order chi connectivity index (χ0) is 21.0. The summed E-state index contributed by atoms with van der Waals surface area (Å²) in [5.74, 6) is 0.157. The molecule has 0 radical (unpaired) electrons. The molecule has 0 spiro atoms. The van der Waals surface area contributed by atoms with Gasteiger partial charge in [-0.15, -0.1) is 5.10 Å². The normalized spacial score (nSPS) is 10.7. The van der Waals surface area contributed by atoms with Crippen LogP contribution in [0.25, 0.3) is 34.0 Å². The Bertz CT molecular complexity index is 1310. The van der Waals surface area contributed by atoms with Crippen LogP contribution in [0.4, 0.5) is 6.01 Å². The third kappa shape index (κ3) is 3.97. The topological polar surface area (TPSA) is 94.1 Å².